The van der Waals surface area contributed by atoms with Gasteiger partial charge in [0.2, 0.25) is 0 Å². The summed E-state index contributed by atoms with van der Waals surface area (Å²) < 4.78 is 1.64. The van der Waals surface area contributed by atoms with Gasteiger partial charge in [0.05, 0.1) is 0 Å². The normalized spacial score (nSPS) is 19.8. The maximum atomic E-state index is 13.1. The van der Waals surface area contributed by atoms with E-state index in [0.717, 1.165) is 50.9 Å². The van der Waals surface area contributed by atoms with Crippen LogP contribution in [-0.4, -0.2) is 39.2 Å². The van der Waals surface area contributed by atoms with E-state index in [0.29, 0.717) is 0 Å². The maximum Gasteiger partial charge on any atom is 0.252 e. The van der Waals surface area contributed by atoms with E-state index in [-0.39, 0.29) is 5.91 Å². The zero-order chi connectivity index (χ0) is 17.1. The smallest absolute Gasteiger partial charge is 0.252 e. The van der Waals surface area contributed by atoms with Gasteiger partial charge < -0.3 is 10.2 Å². The first-order valence-corrected chi connectivity index (χ1v) is 9.18. The van der Waals surface area contributed by atoms with Gasteiger partial charge in [0.25, 0.3) is 5.91 Å². The molecule has 0 bridgehead atoms. The van der Waals surface area contributed by atoms with Crippen LogP contribution in [0.25, 0.3) is 0 Å². The molecule has 1 saturated carbocycles. The van der Waals surface area contributed by atoms with Gasteiger partial charge in [-0.3, -0.25) is 4.79 Å². The molecule has 2 heterocycles. The molecule has 0 atom stereocenters. The molecule has 1 aliphatic heterocycles. The van der Waals surface area contributed by atoms with Gasteiger partial charge in [-0.25, -0.2) is 4.68 Å². The Morgan fingerprint density at radius 2 is 1.72 bits per heavy atom. The second kappa shape index (κ2) is 6.82. The highest BCUT2D eigenvalue weighted by molar-refractivity contribution is 5.96. The fraction of sp³-hybridized carbons (Fsp3) is 0.556. The van der Waals surface area contributed by atoms with E-state index in [9.17, 15) is 4.79 Å². The van der Waals surface area contributed by atoms with Gasteiger partial charge in [-0.05, 0) is 60.4 Å². The molecule has 132 valence electrons. The molecule has 1 aliphatic carbocycles. The molecular weight excluding hydrogens is 316 g/mol. The predicted octanol–water partition coefficient (Wildman–Crippen LogP) is 2.57. The molecule has 4 rings (SSSR count). The zero-order valence-corrected chi connectivity index (χ0v) is 14.4. The minimum absolute atomic E-state index is 0.0200. The van der Waals surface area contributed by atoms with Crippen LogP contribution in [0.1, 0.15) is 44.9 Å². The number of hydrogen-bond acceptors (Lipinski definition) is 5. The summed E-state index contributed by atoms with van der Waals surface area (Å²) in [7, 11) is 0. The highest BCUT2D eigenvalue weighted by Gasteiger charge is 2.42. The molecule has 25 heavy (non-hydrogen) atoms. The fourth-order valence-corrected chi connectivity index (χ4v) is 4.03. The Balaban J connectivity index is 1.51. The van der Waals surface area contributed by atoms with E-state index < -0.39 is 5.54 Å². The molecule has 7 heteroatoms. The Hall–Kier alpha value is -2.44. The molecule has 0 spiro atoms. The first-order chi connectivity index (χ1) is 12.3. The number of benzene rings is 1. The Labute approximate surface area is 147 Å². The first-order valence-electron chi connectivity index (χ1n) is 9.18. The molecule has 2 aliphatic rings. The number of amides is 1. The van der Waals surface area contributed by atoms with Crippen LogP contribution in [0.3, 0.4) is 0 Å². The number of aromatic nitrogens is 4. The van der Waals surface area contributed by atoms with Gasteiger partial charge >= 0.3 is 0 Å². The van der Waals surface area contributed by atoms with Gasteiger partial charge in [0, 0.05) is 24.5 Å². The number of carbonyl (C=O) groups excluding carboxylic acids is 1. The standard InChI is InChI=1S/C18H24N6O/c25-17(18(10-2-1-3-11-18)24-14-19-21-22-24)20-15-6-8-16(9-7-15)23-12-4-5-13-23/h6-9,14H,1-5,10-13H2,(H,20,25). The Morgan fingerprint density at radius 3 is 2.36 bits per heavy atom. The topological polar surface area (TPSA) is 75.9 Å². The van der Waals surface area contributed by atoms with Gasteiger partial charge in [-0.2, -0.15) is 0 Å². The summed E-state index contributed by atoms with van der Waals surface area (Å²) in [6, 6.07) is 8.15. The van der Waals surface area contributed by atoms with Crippen molar-refractivity contribution < 1.29 is 4.79 Å². The van der Waals surface area contributed by atoms with Crippen LogP contribution < -0.4 is 10.2 Å². The Morgan fingerprint density at radius 1 is 1.00 bits per heavy atom. The number of nitrogens with zero attached hydrogens (tertiary/aromatic N) is 5. The second-order valence-electron chi connectivity index (χ2n) is 7.04. The number of tetrazole rings is 1. The van der Waals surface area contributed by atoms with Crippen molar-refractivity contribution in [1.29, 1.82) is 0 Å². The molecule has 1 N–H and O–H groups in total. The third-order valence-corrected chi connectivity index (χ3v) is 5.49. The monoisotopic (exact) mass is 340 g/mol. The molecule has 0 unspecified atom stereocenters. The van der Waals surface area contributed by atoms with Crippen LogP contribution in [0.4, 0.5) is 11.4 Å². The van der Waals surface area contributed by atoms with Gasteiger partial charge in [-0.1, -0.05) is 19.3 Å². The average molecular weight is 340 g/mol. The quantitative estimate of drug-likeness (QED) is 0.926. The molecule has 7 nitrogen and oxygen atoms in total. The molecule has 2 aromatic rings. The highest BCUT2D eigenvalue weighted by Crippen LogP contribution is 2.35. The lowest BCUT2D eigenvalue weighted by Crippen LogP contribution is -2.47. The predicted molar refractivity (Wildman–Crippen MR) is 95.4 cm³/mol. The lowest BCUT2D eigenvalue weighted by molar-refractivity contribution is -0.126. The molecule has 1 aromatic carbocycles. The largest absolute Gasteiger partial charge is 0.372 e. The SMILES string of the molecule is O=C(Nc1ccc(N2CCCC2)cc1)C1(n2cnnn2)CCCCC1. The van der Waals surface area contributed by atoms with Crippen LogP contribution in [0.15, 0.2) is 30.6 Å². The molecule has 1 aromatic heterocycles. The lowest BCUT2D eigenvalue weighted by atomic mass is 9.81. The second-order valence-corrected chi connectivity index (χ2v) is 7.04. The van der Waals surface area contributed by atoms with Crippen LogP contribution >= 0.6 is 0 Å². The summed E-state index contributed by atoms with van der Waals surface area (Å²) in [5.74, 6) is -0.0200. The van der Waals surface area contributed by atoms with Gasteiger partial charge in [0.15, 0.2) is 0 Å². The van der Waals surface area contributed by atoms with Gasteiger partial charge in [0.1, 0.15) is 11.9 Å². The third-order valence-electron chi connectivity index (χ3n) is 5.49. The zero-order valence-electron chi connectivity index (χ0n) is 14.4. The lowest BCUT2D eigenvalue weighted by Gasteiger charge is -2.35. The van der Waals surface area contributed by atoms with E-state index in [1.165, 1.54) is 18.5 Å². The van der Waals surface area contributed by atoms with Crippen molar-refractivity contribution in [2.45, 2.75) is 50.5 Å². The average Bonchev–Trinajstić information content (AvgIpc) is 3.37. The number of nitrogens with one attached hydrogen (secondary N) is 1. The van der Waals surface area contributed by atoms with E-state index >= 15 is 0 Å². The van der Waals surface area contributed by atoms with Crippen molar-refractivity contribution in [2.75, 3.05) is 23.3 Å². The summed E-state index contributed by atoms with van der Waals surface area (Å²) in [4.78, 5) is 15.5. The van der Waals surface area contributed by atoms with E-state index in [2.05, 4.69) is 37.9 Å². The van der Waals surface area contributed by atoms with Gasteiger partial charge in [-0.15, -0.1) is 5.10 Å². The number of carbonyl (C=O) groups is 1. The van der Waals surface area contributed by atoms with E-state index in [1.54, 1.807) is 11.0 Å². The van der Waals surface area contributed by atoms with Crippen LogP contribution in [0.5, 0.6) is 0 Å². The third kappa shape index (κ3) is 3.10. The summed E-state index contributed by atoms with van der Waals surface area (Å²) in [6.07, 6.45) is 8.80. The summed E-state index contributed by atoms with van der Waals surface area (Å²) in [5.41, 5.74) is 1.38. The number of hydrogen-bond donors (Lipinski definition) is 1. The first kappa shape index (κ1) is 16.1. The van der Waals surface area contributed by atoms with Crippen molar-refractivity contribution >= 4 is 17.3 Å². The van der Waals surface area contributed by atoms with Crippen molar-refractivity contribution in [1.82, 2.24) is 20.2 Å². The summed E-state index contributed by atoms with van der Waals surface area (Å²) >= 11 is 0. The minimum atomic E-state index is -0.671. The molecular formula is C18H24N6O. The molecule has 1 saturated heterocycles. The van der Waals surface area contributed by atoms with E-state index in [4.69, 9.17) is 0 Å². The summed E-state index contributed by atoms with van der Waals surface area (Å²) in [5, 5.41) is 14.6. The van der Waals surface area contributed by atoms with Crippen molar-refractivity contribution in [2.24, 2.45) is 0 Å². The summed E-state index contributed by atoms with van der Waals surface area (Å²) in [6.45, 7) is 2.24. The Bertz CT molecular complexity index is 700. The van der Waals surface area contributed by atoms with E-state index in [1.807, 2.05) is 12.1 Å². The highest BCUT2D eigenvalue weighted by atomic mass is 16.2. The van der Waals surface area contributed by atoms with Crippen molar-refractivity contribution in [3.63, 3.8) is 0 Å². The molecule has 2 fully saturated rings. The number of anilines is 2. The number of rotatable bonds is 4. The van der Waals surface area contributed by atoms with Crippen molar-refractivity contribution in [3.8, 4) is 0 Å². The fourth-order valence-electron chi connectivity index (χ4n) is 4.03. The van der Waals surface area contributed by atoms with Crippen LogP contribution in [-0.2, 0) is 10.3 Å². The van der Waals surface area contributed by atoms with Crippen molar-refractivity contribution in [3.05, 3.63) is 30.6 Å². The van der Waals surface area contributed by atoms with Crippen LogP contribution in [0.2, 0.25) is 0 Å². The maximum absolute atomic E-state index is 13.1. The minimum Gasteiger partial charge on any atom is -0.372 e. The molecule has 1 amide bonds. The van der Waals surface area contributed by atoms with Crippen LogP contribution in [0, 0.1) is 0 Å². The molecule has 0 radical (unpaired) electrons. The Kier molecular flexibility index (Phi) is 4.38.